The van der Waals surface area contributed by atoms with Crippen molar-refractivity contribution in [1.29, 1.82) is 0 Å². The molecule has 0 unspecified atom stereocenters. The fourth-order valence-corrected chi connectivity index (χ4v) is 2.82. The topological polar surface area (TPSA) is 58.6 Å². The Labute approximate surface area is 152 Å². The predicted octanol–water partition coefficient (Wildman–Crippen LogP) is 4.28. The Balaban J connectivity index is 2.48. The molecule has 0 aliphatic heterocycles. The van der Waals surface area contributed by atoms with E-state index >= 15 is 0 Å². The number of hydrogen-bond donors (Lipinski definition) is 1. The molecule has 0 spiro atoms. The molecular formula is C19H21ClN2O3. The lowest BCUT2D eigenvalue weighted by molar-refractivity contribution is -0.114. The van der Waals surface area contributed by atoms with Crippen LogP contribution in [0, 0.1) is 6.92 Å². The molecule has 25 heavy (non-hydrogen) atoms. The number of amides is 2. The molecule has 0 bridgehead atoms. The lowest BCUT2D eigenvalue weighted by atomic mass is 10.1. The van der Waals surface area contributed by atoms with Gasteiger partial charge in [-0.15, -0.1) is 0 Å². The number of para-hydroxylation sites is 1. The summed E-state index contributed by atoms with van der Waals surface area (Å²) >= 11 is 6.23. The van der Waals surface area contributed by atoms with Crippen LogP contribution in [-0.2, 0) is 4.79 Å². The third-order valence-corrected chi connectivity index (χ3v) is 4.11. The van der Waals surface area contributed by atoms with E-state index in [0.717, 1.165) is 11.3 Å². The highest BCUT2D eigenvalue weighted by atomic mass is 35.5. The molecule has 2 aromatic rings. The van der Waals surface area contributed by atoms with Gasteiger partial charge in [0.15, 0.2) is 0 Å². The van der Waals surface area contributed by atoms with Crippen molar-refractivity contribution in [3.63, 3.8) is 0 Å². The van der Waals surface area contributed by atoms with Gasteiger partial charge in [0.1, 0.15) is 5.75 Å². The molecule has 0 saturated carbocycles. The monoisotopic (exact) mass is 360 g/mol. The molecule has 2 aromatic carbocycles. The Hall–Kier alpha value is -2.53. The van der Waals surface area contributed by atoms with Crippen LogP contribution in [0.15, 0.2) is 36.4 Å². The number of hydrogen-bond acceptors (Lipinski definition) is 3. The van der Waals surface area contributed by atoms with Crippen molar-refractivity contribution in [2.75, 3.05) is 23.9 Å². The highest BCUT2D eigenvalue weighted by molar-refractivity contribution is 6.34. The summed E-state index contributed by atoms with van der Waals surface area (Å²) in [7, 11) is 1.47. The molecule has 0 aromatic heterocycles. The van der Waals surface area contributed by atoms with E-state index in [0.29, 0.717) is 23.5 Å². The lowest BCUT2D eigenvalue weighted by Gasteiger charge is -2.24. The maximum Gasteiger partial charge on any atom is 0.262 e. The minimum atomic E-state index is -0.252. The van der Waals surface area contributed by atoms with Crippen LogP contribution in [0.1, 0.15) is 29.8 Å². The maximum atomic E-state index is 13.1. The SMILES string of the molecule is CCN(C(=O)c1cc(Cl)c(NC(C)=O)cc1OC)c1ccccc1C. The van der Waals surface area contributed by atoms with E-state index in [9.17, 15) is 9.59 Å². The van der Waals surface area contributed by atoms with Crippen LogP contribution in [0.3, 0.4) is 0 Å². The van der Waals surface area contributed by atoms with Gasteiger partial charge < -0.3 is 15.0 Å². The number of carbonyl (C=O) groups is 2. The quantitative estimate of drug-likeness (QED) is 0.865. The third kappa shape index (κ3) is 4.12. The largest absolute Gasteiger partial charge is 0.496 e. The number of nitrogens with zero attached hydrogens (tertiary/aromatic N) is 1. The number of halogens is 1. The van der Waals surface area contributed by atoms with E-state index in [1.165, 1.54) is 20.1 Å². The van der Waals surface area contributed by atoms with Crippen LogP contribution in [0.2, 0.25) is 5.02 Å². The van der Waals surface area contributed by atoms with Crippen molar-refractivity contribution < 1.29 is 14.3 Å². The summed E-state index contributed by atoms with van der Waals surface area (Å²) < 4.78 is 5.35. The fraction of sp³-hybridized carbons (Fsp3) is 0.263. The van der Waals surface area contributed by atoms with Gasteiger partial charge in [0.2, 0.25) is 5.91 Å². The minimum absolute atomic E-state index is 0.218. The molecular weight excluding hydrogens is 340 g/mol. The van der Waals surface area contributed by atoms with E-state index < -0.39 is 0 Å². The molecule has 0 saturated heterocycles. The Morgan fingerprint density at radius 3 is 2.48 bits per heavy atom. The number of carbonyl (C=O) groups excluding carboxylic acids is 2. The van der Waals surface area contributed by atoms with E-state index in [2.05, 4.69) is 5.32 Å². The summed E-state index contributed by atoms with van der Waals surface area (Å²) in [6.07, 6.45) is 0. The molecule has 0 aliphatic rings. The maximum absolute atomic E-state index is 13.1. The molecule has 0 aliphatic carbocycles. The molecule has 2 rings (SSSR count). The molecule has 5 nitrogen and oxygen atoms in total. The van der Waals surface area contributed by atoms with Crippen LogP contribution in [0.25, 0.3) is 0 Å². The van der Waals surface area contributed by atoms with Gasteiger partial charge in [-0.3, -0.25) is 9.59 Å². The number of benzene rings is 2. The fourth-order valence-electron chi connectivity index (χ4n) is 2.61. The molecule has 0 heterocycles. The van der Waals surface area contributed by atoms with Gasteiger partial charge in [0.25, 0.3) is 5.91 Å². The van der Waals surface area contributed by atoms with Crippen LogP contribution in [-0.4, -0.2) is 25.5 Å². The molecule has 132 valence electrons. The second-order valence-electron chi connectivity index (χ2n) is 5.55. The Kier molecular flexibility index (Phi) is 6.04. The first-order chi connectivity index (χ1) is 11.9. The summed E-state index contributed by atoms with van der Waals surface area (Å²) in [6.45, 7) is 5.75. The average Bonchev–Trinajstić information content (AvgIpc) is 2.58. The Bertz CT molecular complexity index is 805. The second-order valence-corrected chi connectivity index (χ2v) is 5.96. The molecule has 0 radical (unpaired) electrons. The average molecular weight is 361 g/mol. The molecule has 1 N–H and O–H groups in total. The number of ether oxygens (including phenoxy) is 1. The molecule has 2 amide bonds. The Morgan fingerprint density at radius 1 is 1.24 bits per heavy atom. The van der Waals surface area contributed by atoms with E-state index in [-0.39, 0.29) is 16.8 Å². The van der Waals surface area contributed by atoms with Crippen molar-refractivity contribution in [3.8, 4) is 5.75 Å². The number of anilines is 2. The summed E-state index contributed by atoms with van der Waals surface area (Å²) in [6, 6.07) is 10.8. The number of nitrogens with one attached hydrogen (secondary N) is 1. The normalized spacial score (nSPS) is 10.3. The van der Waals surface area contributed by atoms with Crippen molar-refractivity contribution in [1.82, 2.24) is 0 Å². The van der Waals surface area contributed by atoms with Crippen LogP contribution in [0.5, 0.6) is 5.75 Å². The van der Waals surface area contributed by atoms with E-state index in [1.807, 2.05) is 38.1 Å². The summed E-state index contributed by atoms with van der Waals surface area (Å²) in [5.41, 5.74) is 2.57. The van der Waals surface area contributed by atoms with Gasteiger partial charge in [0.05, 0.1) is 23.4 Å². The molecule has 6 heteroatoms. The van der Waals surface area contributed by atoms with Gasteiger partial charge >= 0.3 is 0 Å². The molecule has 0 atom stereocenters. The first-order valence-electron chi connectivity index (χ1n) is 7.91. The summed E-state index contributed by atoms with van der Waals surface area (Å²) in [5, 5.41) is 2.90. The number of rotatable bonds is 5. The minimum Gasteiger partial charge on any atom is -0.496 e. The third-order valence-electron chi connectivity index (χ3n) is 3.80. The highest BCUT2D eigenvalue weighted by Gasteiger charge is 2.23. The number of aryl methyl sites for hydroxylation is 1. The second kappa shape index (κ2) is 8.03. The van der Waals surface area contributed by atoms with Crippen molar-refractivity contribution in [3.05, 3.63) is 52.5 Å². The first kappa shape index (κ1) is 18.8. The van der Waals surface area contributed by atoms with Gasteiger partial charge in [0, 0.05) is 25.2 Å². The van der Waals surface area contributed by atoms with Gasteiger partial charge in [-0.05, 0) is 31.5 Å². The first-order valence-corrected chi connectivity index (χ1v) is 8.29. The lowest BCUT2D eigenvalue weighted by Crippen LogP contribution is -2.31. The van der Waals surface area contributed by atoms with Gasteiger partial charge in [-0.1, -0.05) is 29.8 Å². The van der Waals surface area contributed by atoms with Gasteiger partial charge in [-0.2, -0.15) is 0 Å². The van der Waals surface area contributed by atoms with Crippen LogP contribution < -0.4 is 15.0 Å². The zero-order chi connectivity index (χ0) is 18.6. The standard InChI is InChI=1S/C19H21ClN2O3/c1-5-22(17-9-7-6-8-12(17)2)19(24)14-10-15(20)16(21-13(3)23)11-18(14)25-4/h6-11H,5H2,1-4H3,(H,21,23). The van der Waals surface area contributed by atoms with Crippen LogP contribution in [0.4, 0.5) is 11.4 Å². The van der Waals surface area contributed by atoms with Crippen molar-refractivity contribution in [2.45, 2.75) is 20.8 Å². The van der Waals surface area contributed by atoms with E-state index in [1.54, 1.807) is 11.0 Å². The number of methoxy groups -OCH3 is 1. The zero-order valence-corrected chi connectivity index (χ0v) is 15.5. The van der Waals surface area contributed by atoms with Gasteiger partial charge in [-0.25, -0.2) is 0 Å². The van der Waals surface area contributed by atoms with E-state index in [4.69, 9.17) is 16.3 Å². The highest BCUT2D eigenvalue weighted by Crippen LogP contribution is 2.33. The predicted molar refractivity (Wildman–Crippen MR) is 101 cm³/mol. The zero-order valence-electron chi connectivity index (χ0n) is 14.7. The summed E-state index contributed by atoms with van der Waals surface area (Å²) in [5.74, 6) is -0.117. The van der Waals surface area contributed by atoms with Crippen molar-refractivity contribution >= 4 is 34.8 Å². The summed E-state index contributed by atoms with van der Waals surface area (Å²) in [4.78, 5) is 26.0. The Morgan fingerprint density at radius 2 is 1.92 bits per heavy atom. The smallest absolute Gasteiger partial charge is 0.262 e. The molecule has 0 fully saturated rings. The van der Waals surface area contributed by atoms with Crippen molar-refractivity contribution in [2.24, 2.45) is 0 Å². The van der Waals surface area contributed by atoms with Crippen LogP contribution >= 0.6 is 11.6 Å².